The van der Waals surface area contributed by atoms with Gasteiger partial charge >= 0.3 is 5.69 Å². The smallest absolute Gasteiger partial charge is 0.328 e. The van der Waals surface area contributed by atoms with Gasteiger partial charge in [-0.1, -0.05) is 35.9 Å². The summed E-state index contributed by atoms with van der Waals surface area (Å²) < 4.78 is 11.4. The van der Waals surface area contributed by atoms with Crippen molar-refractivity contribution in [2.45, 2.75) is 13.0 Å². The van der Waals surface area contributed by atoms with Crippen LogP contribution in [0.25, 0.3) is 0 Å². The zero-order chi connectivity index (χ0) is 22.4. The Labute approximate surface area is 183 Å². The normalized spacial score (nSPS) is 10.5. The van der Waals surface area contributed by atoms with Crippen molar-refractivity contribution in [3.8, 4) is 11.5 Å². The van der Waals surface area contributed by atoms with Crippen LogP contribution in [0.1, 0.15) is 21.5 Å². The standard InChI is InChI=1S/C22H22ClN3O5/c1-30-18-8-7-14(11-19(18)31-2)9-10-24-20(27)16-12-25-22(29)26(21(16)28)13-15-5-3-4-6-17(15)23/h3-8,11-12H,9-10,13H2,1-2H3,(H,24,27)(H,25,29). The maximum absolute atomic E-state index is 12.7. The maximum atomic E-state index is 12.7. The van der Waals surface area contributed by atoms with Gasteiger partial charge in [0.15, 0.2) is 11.5 Å². The van der Waals surface area contributed by atoms with Crippen LogP contribution in [0.3, 0.4) is 0 Å². The molecule has 0 fully saturated rings. The van der Waals surface area contributed by atoms with Gasteiger partial charge in [0.1, 0.15) is 5.56 Å². The van der Waals surface area contributed by atoms with E-state index >= 15 is 0 Å². The topological polar surface area (TPSA) is 102 Å². The molecule has 0 spiro atoms. The number of rotatable bonds is 8. The minimum Gasteiger partial charge on any atom is -0.493 e. The van der Waals surface area contributed by atoms with Crippen LogP contribution in [-0.2, 0) is 13.0 Å². The molecule has 9 heteroatoms. The minimum atomic E-state index is -0.688. The van der Waals surface area contributed by atoms with Crippen LogP contribution in [0.4, 0.5) is 0 Å². The number of carbonyl (C=O) groups is 1. The minimum absolute atomic E-state index is 0.0411. The molecule has 1 aromatic heterocycles. The number of hydrogen-bond acceptors (Lipinski definition) is 5. The lowest BCUT2D eigenvalue weighted by molar-refractivity contribution is 0.0951. The summed E-state index contributed by atoms with van der Waals surface area (Å²) in [5.41, 5.74) is 0.0661. The van der Waals surface area contributed by atoms with Gasteiger partial charge in [0.25, 0.3) is 11.5 Å². The first-order chi connectivity index (χ1) is 14.9. The highest BCUT2D eigenvalue weighted by atomic mass is 35.5. The lowest BCUT2D eigenvalue weighted by atomic mass is 10.1. The molecule has 0 saturated carbocycles. The third kappa shape index (κ3) is 5.16. The zero-order valence-corrected chi connectivity index (χ0v) is 17.9. The second kappa shape index (κ2) is 9.99. The quantitative estimate of drug-likeness (QED) is 0.555. The van der Waals surface area contributed by atoms with Crippen molar-refractivity contribution < 1.29 is 14.3 Å². The van der Waals surface area contributed by atoms with E-state index < -0.39 is 17.2 Å². The lowest BCUT2D eigenvalue weighted by Gasteiger charge is -2.11. The number of halogens is 1. The Hall–Kier alpha value is -3.52. The second-order valence-corrected chi connectivity index (χ2v) is 7.09. The molecule has 0 unspecified atom stereocenters. The molecule has 0 saturated heterocycles. The zero-order valence-electron chi connectivity index (χ0n) is 17.1. The number of H-pyrrole nitrogens is 1. The van der Waals surface area contributed by atoms with Gasteiger partial charge in [-0.15, -0.1) is 0 Å². The second-order valence-electron chi connectivity index (χ2n) is 6.69. The van der Waals surface area contributed by atoms with Crippen LogP contribution in [0.2, 0.25) is 5.02 Å². The van der Waals surface area contributed by atoms with E-state index in [0.29, 0.717) is 28.5 Å². The van der Waals surface area contributed by atoms with E-state index in [1.54, 1.807) is 44.6 Å². The third-order valence-electron chi connectivity index (χ3n) is 4.74. The van der Waals surface area contributed by atoms with Gasteiger partial charge < -0.3 is 19.8 Å². The first-order valence-corrected chi connectivity index (χ1v) is 9.87. The van der Waals surface area contributed by atoms with E-state index in [4.69, 9.17) is 21.1 Å². The number of benzene rings is 2. The summed E-state index contributed by atoms with van der Waals surface area (Å²) in [5, 5.41) is 3.13. The number of amides is 1. The van der Waals surface area contributed by atoms with Crippen molar-refractivity contribution in [3.63, 3.8) is 0 Å². The Bertz CT molecular complexity index is 1200. The van der Waals surface area contributed by atoms with Crippen LogP contribution in [-0.4, -0.2) is 36.2 Å². The number of aromatic amines is 1. The van der Waals surface area contributed by atoms with Gasteiger partial charge in [-0.2, -0.15) is 0 Å². The van der Waals surface area contributed by atoms with E-state index in [2.05, 4.69) is 10.3 Å². The van der Waals surface area contributed by atoms with Gasteiger partial charge in [0.2, 0.25) is 0 Å². The molecule has 0 bridgehead atoms. The molecule has 2 N–H and O–H groups in total. The summed E-state index contributed by atoms with van der Waals surface area (Å²) >= 11 is 6.12. The maximum Gasteiger partial charge on any atom is 0.328 e. The Morgan fingerprint density at radius 2 is 1.84 bits per heavy atom. The molecule has 1 amide bonds. The number of aromatic nitrogens is 2. The summed E-state index contributed by atoms with van der Waals surface area (Å²) in [6.07, 6.45) is 1.64. The fourth-order valence-corrected chi connectivity index (χ4v) is 3.26. The summed E-state index contributed by atoms with van der Waals surface area (Å²) in [7, 11) is 3.10. The van der Waals surface area contributed by atoms with Gasteiger partial charge in [0.05, 0.1) is 20.8 Å². The van der Waals surface area contributed by atoms with E-state index in [-0.39, 0.29) is 18.7 Å². The summed E-state index contributed by atoms with van der Waals surface area (Å²) in [6, 6.07) is 12.4. The average Bonchev–Trinajstić information content (AvgIpc) is 2.77. The number of nitrogens with zero attached hydrogens (tertiary/aromatic N) is 1. The van der Waals surface area contributed by atoms with Gasteiger partial charge in [-0.3, -0.25) is 14.2 Å². The van der Waals surface area contributed by atoms with Crippen molar-refractivity contribution >= 4 is 17.5 Å². The van der Waals surface area contributed by atoms with Gasteiger partial charge in [0, 0.05) is 17.8 Å². The Balaban J connectivity index is 1.72. The highest BCUT2D eigenvalue weighted by molar-refractivity contribution is 6.31. The molecule has 162 valence electrons. The van der Waals surface area contributed by atoms with Crippen molar-refractivity contribution in [2.24, 2.45) is 0 Å². The van der Waals surface area contributed by atoms with Crippen molar-refractivity contribution in [2.75, 3.05) is 20.8 Å². The highest BCUT2D eigenvalue weighted by Crippen LogP contribution is 2.27. The molecule has 2 aromatic carbocycles. The summed E-state index contributed by atoms with van der Waals surface area (Å²) in [4.78, 5) is 39.9. The largest absolute Gasteiger partial charge is 0.493 e. The molecular weight excluding hydrogens is 422 g/mol. The van der Waals surface area contributed by atoms with Crippen LogP contribution in [0.15, 0.2) is 58.3 Å². The molecular formula is C22H22ClN3O5. The first kappa shape index (κ1) is 22.2. The fourth-order valence-electron chi connectivity index (χ4n) is 3.07. The molecule has 3 rings (SSSR count). The summed E-state index contributed by atoms with van der Waals surface area (Å²) in [6.45, 7) is 0.248. The van der Waals surface area contributed by atoms with Gasteiger partial charge in [-0.25, -0.2) is 4.79 Å². The number of nitrogens with one attached hydrogen (secondary N) is 2. The van der Waals surface area contributed by atoms with Crippen molar-refractivity contribution in [1.29, 1.82) is 0 Å². The summed E-state index contributed by atoms with van der Waals surface area (Å²) in [5.74, 6) is 0.631. The molecule has 1 heterocycles. The molecule has 8 nitrogen and oxygen atoms in total. The van der Waals surface area contributed by atoms with Crippen LogP contribution in [0.5, 0.6) is 11.5 Å². The Kier molecular flexibility index (Phi) is 7.15. The van der Waals surface area contributed by atoms with Crippen LogP contribution < -0.4 is 26.0 Å². The predicted octanol–water partition coefficient (Wildman–Crippen LogP) is 2.23. The predicted molar refractivity (Wildman–Crippen MR) is 117 cm³/mol. The molecule has 0 aliphatic carbocycles. The van der Waals surface area contributed by atoms with Gasteiger partial charge in [-0.05, 0) is 35.7 Å². The SMILES string of the molecule is COc1ccc(CCNC(=O)c2c[nH]c(=O)n(Cc3ccccc3Cl)c2=O)cc1OC. The average molecular weight is 444 g/mol. The van der Waals surface area contributed by atoms with E-state index in [0.717, 1.165) is 16.3 Å². The molecule has 0 aliphatic rings. The van der Waals surface area contributed by atoms with Crippen molar-refractivity contribution in [3.05, 3.63) is 91.2 Å². The third-order valence-corrected chi connectivity index (χ3v) is 5.11. The fraction of sp³-hybridized carbons (Fsp3) is 0.227. The molecule has 3 aromatic rings. The number of hydrogen-bond donors (Lipinski definition) is 2. The van der Waals surface area contributed by atoms with E-state index in [1.807, 2.05) is 12.1 Å². The molecule has 0 atom stereocenters. The lowest BCUT2D eigenvalue weighted by Crippen LogP contribution is -2.41. The molecule has 0 aliphatic heterocycles. The monoisotopic (exact) mass is 443 g/mol. The van der Waals surface area contributed by atoms with E-state index in [9.17, 15) is 14.4 Å². The highest BCUT2D eigenvalue weighted by Gasteiger charge is 2.15. The van der Waals surface area contributed by atoms with Crippen molar-refractivity contribution in [1.82, 2.24) is 14.9 Å². The first-order valence-electron chi connectivity index (χ1n) is 9.49. The molecule has 31 heavy (non-hydrogen) atoms. The van der Waals surface area contributed by atoms with E-state index in [1.165, 1.54) is 0 Å². The number of carbonyl (C=O) groups excluding carboxylic acids is 1. The van der Waals surface area contributed by atoms with Crippen LogP contribution >= 0.6 is 11.6 Å². The Morgan fingerprint density at radius 3 is 2.55 bits per heavy atom. The van der Waals surface area contributed by atoms with Crippen LogP contribution in [0, 0.1) is 0 Å². The Morgan fingerprint density at radius 1 is 1.10 bits per heavy atom. The number of ether oxygens (including phenoxy) is 2. The number of methoxy groups -OCH3 is 2. The molecule has 0 radical (unpaired) electrons.